The molecule has 0 N–H and O–H groups in total. The number of halogens is 5. The van der Waals surface area contributed by atoms with Crippen molar-refractivity contribution in [3.8, 4) is 0 Å². The maximum atomic E-state index is 13.7. The predicted octanol–water partition coefficient (Wildman–Crippen LogP) is 2.99. The van der Waals surface area contributed by atoms with Crippen molar-refractivity contribution in [1.82, 2.24) is 9.78 Å². The molecular weight excluding hydrogens is 375 g/mol. The van der Waals surface area contributed by atoms with Crippen molar-refractivity contribution in [2.45, 2.75) is 6.61 Å². The van der Waals surface area contributed by atoms with Gasteiger partial charge in [0.05, 0.1) is 10.9 Å². The lowest BCUT2D eigenvalue weighted by molar-refractivity contribution is 0.0455. The van der Waals surface area contributed by atoms with Crippen molar-refractivity contribution in [3.63, 3.8) is 0 Å². The van der Waals surface area contributed by atoms with Crippen LogP contribution in [0.25, 0.3) is 10.8 Å². The number of carbonyl (C=O) groups excluding carboxylic acids is 1. The highest BCUT2D eigenvalue weighted by atomic mass is 19.2. The molecular formula is C17H9F5N2O3. The zero-order chi connectivity index (χ0) is 19.9. The highest BCUT2D eigenvalue weighted by Crippen LogP contribution is 2.24. The second-order valence-corrected chi connectivity index (χ2v) is 5.45. The summed E-state index contributed by atoms with van der Waals surface area (Å²) < 4.78 is 72.3. The second-order valence-electron chi connectivity index (χ2n) is 5.45. The van der Waals surface area contributed by atoms with Gasteiger partial charge in [-0.15, -0.1) is 0 Å². The van der Waals surface area contributed by atoms with Crippen LogP contribution in [0.3, 0.4) is 0 Å². The summed E-state index contributed by atoms with van der Waals surface area (Å²) in [6.07, 6.45) is 0. The molecule has 0 spiro atoms. The molecule has 27 heavy (non-hydrogen) atoms. The van der Waals surface area contributed by atoms with Gasteiger partial charge < -0.3 is 4.74 Å². The molecule has 3 rings (SSSR count). The van der Waals surface area contributed by atoms with Crippen LogP contribution in [0.15, 0.2) is 29.1 Å². The number of ether oxygens (including phenoxy) is 1. The maximum absolute atomic E-state index is 13.7. The molecule has 0 aliphatic carbocycles. The van der Waals surface area contributed by atoms with Gasteiger partial charge in [-0.2, -0.15) is 5.10 Å². The first kappa shape index (κ1) is 18.5. The topological polar surface area (TPSA) is 61.2 Å². The van der Waals surface area contributed by atoms with Crippen LogP contribution in [-0.2, 0) is 18.4 Å². The molecule has 140 valence electrons. The fourth-order valence-corrected chi connectivity index (χ4v) is 2.43. The summed E-state index contributed by atoms with van der Waals surface area (Å²) in [5, 5.41) is 3.99. The van der Waals surface area contributed by atoms with E-state index < -0.39 is 52.8 Å². The lowest BCUT2D eigenvalue weighted by Crippen LogP contribution is -2.24. The average Bonchev–Trinajstić information content (AvgIpc) is 2.67. The number of esters is 1. The normalized spacial score (nSPS) is 11.0. The van der Waals surface area contributed by atoms with Crippen LogP contribution in [0, 0.1) is 29.1 Å². The molecule has 0 bridgehead atoms. The molecule has 0 fully saturated rings. The number of fused-ring (bicyclic) bond motifs is 1. The molecule has 0 saturated heterocycles. The van der Waals surface area contributed by atoms with Crippen LogP contribution in [0.1, 0.15) is 16.1 Å². The van der Waals surface area contributed by atoms with Gasteiger partial charge in [-0.3, -0.25) is 4.79 Å². The maximum Gasteiger partial charge on any atom is 0.359 e. The Kier molecular flexibility index (Phi) is 4.64. The lowest BCUT2D eigenvalue weighted by Gasteiger charge is -2.10. The van der Waals surface area contributed by atoms with E-state index in [1.807, 2.05) is 0 Å². The van der Waals surface area contributed by atoms with Gasteiger partial charge in [0, 0.05) is 12.4 Å². The number of benzene rings is 2. The van der Waals surface area contributed by atoms with E-state index in [9.17, 15) is 31.5 Å². The Morgan fingerprint density at radius 3 is 2.07 bits per heavy atom. The number of hydrogen-bond donors (Lipinski definition) is 0. The summed E-state index contributed by atoms with van der Waals surface area (Å²) in [6.45, 7) is -1.22. The SMILES string of the molecule is Cn1nc(C(=O)OCc2c(F)c(F)c(F)c(F)c2F)c2ccccc2c1=O. The van der Waals surface area contributed by atoms with Crippen LogP contribution in [0.5, 0.6) is 0 Å². The average molecular weight is 384 g/mol. The number of hydrogen-bond acceptors (Lipinski definition) is 4. The molecule has 0 saturated carbocycles. The summed E-state index contributed by atoms with van der Waals surface area (Å²) in [7, 11) is 1.27. The molecule has 5 nitrogen and oxygen atoms in total. The van der Waals surface area contributed by atoms with E-state index in [0.29, 0.717) is 0 Å². The molecule has 0 atom stereocenters. The van der Waals surface area contributed by atoms with Crippen LogP contribution >= 0.6 is 0 Å². The van der Waals surface area contributed by atoms with E-state index in [1.165, 1.54) is 25.2 Å². The fraction of sp³-hybridized carbons (Fsp3) is 0.118. The van der Waals surface area contributed by atoms with Crippen LogP contribution < -0.4 is 5.56 Å². The minimum absolute atomic E-state index is 0.114. The van der Waals surface area contributed by atoms with Gasteiger partial charge in [-0.25, -0.2) is 31.4 Å². The van der Waals surface area contributed by atoms with Crippen molar-refractivity contribution in [1.29, 1.82) is 0 Å². The molecule has 0 aliphatic heterocycles. The van der Waals surface area contributed by atoms with Crippen LogP contribution in [-0.4, -0.2) is 15.7 Å². The summed E-state index contributed by atoms with van der Waals surface area (Å²) in [5.41, 5.74) is -2.15. The summed E-state index contributed by atoms with van der Waals surface area (Å²) in [5.74, 6) is -12.0. The smallest absolute Gasteiger partial charge is 0.359 e. The Bertz CT molecular complexity index is 1110. The van der Waals surface area contributed by atoms with Crippen molar-refractivity contribution in [3.05, 3.63) is 75.0 Å². The lowest BCUT2D eigenvalue weighted by atomic mass is 10.1. The van der Waals surface area contributed by atoms with E-state index >= 15 is 0 Å². The summed E-state index contributed by atoms with van der Waals surface area (Å²) in [4.78, 5) is 24.3. The minimum Gasteiger partial charge on any atom is -0.456 e. The fourth-order valence-electron chi connectivity index (χ4n) is 2.43. The predicted molar refractivity (Wildman–Crippen MR) is 82.3 cm³/mol. The van der Waals surface area contributed by atoms with E-state index in [2.05, 4.69) is 9.84 Å². The van der Waals surface area contributed by atoms with Crippen molar-refractivity contribution in [2.24, 2.45) is 7.05 Å². The van der Waals surface area contributed by atoms with E-state index in [4.69, 9.17) is 0 Å². The standard InChI is InChI=1S/C17H9F5N2O3/c1-24-16(25)8-5-3-2-4-7(8)15(23-24)17(26)27-6-9-10(18)12(20)14(22)13(21)11(9)19/h2-5H,6H2,1H3. The number of rotatable bonds is 3. The van der Waals surface area contributed by atoms with Gasteiger partial charge >= 0.3 is 5.97 Å². The quantitative estimate of drug-likeness (QED) is 0.302. The Hall–Kier alpha value is -3.30. The van der Waals surface area contributed by atoms with Crippen molar-refractivity contribution in [2.75, 3.05) is 0 Å². The summed E-state index contributed by atoms with van der Waals surface area (Å²) in [6, 6.07) is 5.90. The zero-order valence-electron chi connectivity index (χ0n) is 13.5. The van der Waals surface area contributed by atoms with Crippen LogP contribution in [0.2, 0.25) is 0 Å². The van der Waals surface area contributed by atoms with E-state index in [0.717, 1.165) is 4.68 Å². The molecule has 10 heteroatoms. The Balaban J connectivity index is 1.98. The Morgan fingerprint density at radius 2 is 1.48 bits per heavy atom. The van der Waals surface area contributed by atoms with Gasteiger partial charge in [0.2, 0.25) is 5.82 Å². The van der Waals surface area contributed by atoms with Gasteiger partial charge in [0.25, 0.3) is 5.56 Å². The van der Waals surface area contributed by atoms with Crippen molar-refractivity contribution >= 4 is 16.7 Å². The first-order valence-corrected chi connectivity index (χ1v) is 7.37. The van der Waals surface area contributed by atoms with Gasteiger partial charge in [-0.05, 0) is 6.07 Å². The van der Waals surface area contributed by atoms with Gasteiger partial charge in [0.1, 0.15) is 6.61 Å². The molecule has 0 radical (unpaired) electrons. The largest absolute Gasteiger partial charge is 0.456 e. The Morgan fingerprint density at radius 1 is 0.963 bits per heavy atom. The third kappa shape index (κ3) is 3.03. The first-order valence-electron chi connectivity index (χ1n) is 7.37. The monoisotopic (exact) mass is 384 g/mol. The number of aromatic nitrogens is 2. The minimum atomic E-state index is -2.31. The third-order valence-electron chi connectivity index (χ3n) is 3.80. The highest BCUT2D eigenvalue weighted by Gasteiger charge is 2.27. The van der Waals surface area contributed by atoms with Crippen molar-refractivity contribution < 1.29 is 31.5 Å². The van der Waals surface area contributed by atoms with Gasteiger partial charge in [-0.1, -0.05) is 18.2 Å². The number of nitrogens with zero attached hydrogens (tertiary/aromatic N) is 2. The second kappa shape index (κ2) is 6.78. The number of carbonyl (C=O) groups is 1. The zero-order valence-corrected chi connectivity index (χ0v) is 13.5. The third-order valence-corrected chi connectivity index (χ3v) is 3.80. The Labute approximate surface area is 147 Å². The molecule has 1 aromatic heterocycles. The molecule has 1 heterocycles. The molecule has 3 aromatic rings. The first-order chi connectivity index (χ1) is 12.7. The summed E-state index contributed by atoms with van der Waals surface area (Å²) >= 11 is 0. The molecule has 0 unspecified atom stereocenters. The highest BCUT2D eigenvalue weighted by molar-refractivity contribution is 6.02. The molecule has 0 aliphatic rings. The molecule has 0 amide bonds. The number of aryl methyl sites for hydroxylation is 1. The molecule has 2 aromatic carbocycles. The van der Waals surface area contributed by atoms with E-state index in [1.54, 1.807) is 6.07 Å². The van der Waals surface area contributed by atoms with E-state index in [-0.39, 0.29) is 16.5 Å². The van der Waals surface area contributed by atoms with Crippen LogP contribution in [0.4, 0.5) is 22.0 Å². The van der Waals surface area contributed by atoms with Gasteiger partial charge in [0.15, 0.2) is 29.0 Å².